The van der Waals surface area contributed by atoms with Gasteiger partial charge in [-0.25, -0.2) is 0 Å². The molecule has 10 heavy (non-hydrogen) atoms. The Bertz CT molecular complexity index is 48.4. The molecule has 0 aromatic rings. The van der Waals surface area contributed by atoms with Gasteiger partial charge in [0.1, 0.15) is 0 Å². The van der Waals surface area contributed by atoms with Crippen molar-refractivity contribution in [3.63, 3.8) is 0 Å². The zero-order valence-corrected chi connectivity index (χ0v) is 7.72. The van der Waals surface area contributed by atoms with Crippen molar-refractivity contribution in [2.45, 2.75) is 6.42 Å². The van der Waals surface area contributed by atoms with Gasteiger partial charge in [0, 0.05) is 0 Å². The summed E-state index contributed by atoms with van der Waals surface area (Å²) in [5.74, 6) is 0. The minimum absolute atomic E-state index is 0.719. The van der Waals surface area contributed by atoms with Crippen molar-refractivity contribution in [3.8, 4) is 0 Å². The Labute approximate surface area is 64.6 Å². The highest BCUT2D eigenvalue weighted by Gasteiger charge is 1.88. The van der Waals surface area contributed by atoms with E-state index >= 15 is 0 Å². The molecule has 0 spiro atoms. The zero-order chi connectivity index (χ0) is 8.62. The first-order chi connectivity index (χ1) is 4.41. The van der Waals surface area contributed by atoms with Gasteiger partial charge in [0.25, 0.3) is 0 Å². The lowest BCUT2D eigenvalue weighted by molar-refractivity contribution is -0.849. The third-order valence-corrected chi connectivity index (χ3v) is 0.408. The van der Waals surface area contributed by atoms with E-state index in [0.29, 0.717) is 0 Å². The Morgan fingerprint density at radius 1 is 0.900 bits per heavy atom. The molecule has 0 atom stereocenters. The van der Waals surface area contributed by atoms with Crippen LogP contribution in [0.25, 0.3) is 0 Å². The quantitative estimate of drug-likeness (QED) is 0.524. The summed E-state index contributed by atoms with van der Waals surface area (Å²) >= 11 is 0. The molecule has 0 rings (SSSR count). The van der Waals surface area contributed by atoms with Gasteiger partial charge in [-0.1, -0.05) is 0 Å². The predicted molar refractivity (Wildman–Crippen MR) is 46.7 cm³/mol. The van der Waals surface area contributed by atoms with Crippen LogP contribution in [0.1, 0.15) is 6.42 Å². The van der Waals surface area contributed by atoms with Gasteiger partial charge in [-0.05, 0) is 19.5 Å². The lowest BCUT2D eigenvalue weighted by Gasteiger charge is -2.14. The molecule has 0 aliphatic carbocycles. The van der Waals surface area contributed by atoms with Gasteiger partial charge in [-0.2, -0.15) is 0 Å². The number of nitrogens with zero attached hydrogens (tertiary/aromatic N) is 1. The van der Waals surface area contributed by atoms with Crippen molar-refractivity contribution in [2.24, 2.45) is 11.5 Å². The third-order valence-electron chi connectivity index (χ3n) is 0.408. The van der Waals surface area contributed by atoms with Gasteiger partial charge in [0.2, 0.25) is 0 Å². The normalized spacial score (nSPS) is 10.2. The van der Waals surface area contributed by atoms with Gasteiger partial charge >= 0.3 is 0 Å². The zero-order valence-electron chi connectivity index (χ0n) is 7.72. The third kappa shape index (κ3) is 106. The predicted octanol–water partition coefficient (Wildman–Crippen LogP) is -0.384. The van der Waals surface area contributed by atoms with Crippen molar-refractivity contribution in [2.75, 3.05) is 41.3 Å². The number of hydrogen-bond acceptors (Lipinski definition) is 2. The summed E-state index contributed by atoms with van der Waals surface area (Å²) in [5.41, 5.74) is 10.1. The van der Waals surface area contributed by atoms with Crippen LogP contribution in [0, 0.1) is 0 Å². The molecule has 0 fully saturated rings. The maximum atomic E-state index is 5.06. The average Bonchev–Trinajstić information content (AvgIpc) is 1.63. The summed E-state index contributed by atoms with van der Waals surface area (Å²) in [6.45, 7) is 1.44. The van der Waals surface area contributed by atoms with Crippen LogP contribution in [0.3, 0.4) is 0 Å². The summed E-state index contributed by atoms with van der Waals surface area (Å²) in [4.78, 5) is 0. The highest BCUT2D eigenvalue weighted by molar-refractivity contribution is 4.33. The molecule has 0 saturated heterocycles. The van der Waals surface area contributed by atoms with E-state index in [9.17, 15) is 0 Å². The SMILES string of the molecule is C[N+](C)(C)C.NCCCN. The fourth-order valence-corrected chi connectivity index (χ4v) is 0.118. The van der Waals surface area contributed by atoms with E-state index in [1.807, 2.05) is 0 Å². The van der Waals surface area contributed by atoms with Crippen molar-refractivity contribution in [1.29, 1.82) is 0 Å². The minimum Gasteiger partial charge on any atom is -0.333 e. The van der Waals surface area contributed by atoms with Crippen LogP contribution in [0.2, 0.25) is 0 Å². The second kappa shape index (κ2) is 6.99. The van der Waals surface area contributed by atoms with E-state index in [0.717, 1.165) is 24.0 Å². The first kappa shape index (κ1) is 12.5. The Hall–Kier alpha value is -0.120. The molecule has 3 heteroatoms. The van der Waals surface area contributed by atoms with E-state index in [-0.39, 0.29) is 0 Å². The number of quaternary nitrogens is 1. The Morgan fingerprint density at radius 2 is 1.10 bits per heavy atom. The molecule has 0 amide bonds. The first-order valence-corrected chi connectivity index (χ1v) is 3.61. The van der Waals surface area contributed by atoms with E-state index < -0.39 is 0 Å². The van der Waals surface area contributed by atoms with E-state index in [2.05, 4.69) is 28.2 Å². The second-order valence-electron chi connectivity index (χ2n) is 3.61. The molecular weight excluding hydrogens is 126 g/mol. The van der Waals surface area contributed by atoms with Crippen LogP contribution in [0.15, 0.2) is 0 Å². The molecule has 0 heterocycles. The highest BCUT2D eigenvalue weighted by atomic mass is 15.2. The monoisotopic (exact) mass is 148 g/mol. The summed E-state index contributed by atoms with van der Waals surface area (Å²) in [6, 6.07) is 0. The number of nitrogens with two attached hydrogens (primary N) is 2. The van der Waals surface area contributed by atoms with Crippen LogP contribution in [0.4, 0.5) is 0 Å². The van der Waals surface area contributed by atoms with Gasteiger partial charge in [0.05, 0.1) is 28.2 Å². The summed E-state index contributed by atoms with van der Waals surface area (Å²) in [5, 5.41) is 0. The van der Waals surface area contributed by atoms with Gasteiger partial charge in [0.15, 0.2) is 0 Å². The molecule has 0 bridgehead atoms. The largest absolute Gasteiger partial charge is 0.333 e. The topological polar surface area (TPSA) is 52.0 Å². The molecule has 0 aliphatic rings. The molecule has 0 saturated carbocycles. The average molecular weight is 148 g/mol. The molecule has 0 unspecified atom stereocenters. The van der Waals surface area contributed by atoms with Gasteiger partial charge < -0.3 is 16.0 Å². The van der Waals surface area contributed by atoms with Crippen LogP contribution in [-0.2, 0) is 0 Å². The van der Waals surface area contributed by atoms with E-state index in [4.69, 9.17) is 11.5 Å². The molecular formula is C7H22N3+. The van der Waals surface area contributed by atoms with Crippen LogP contribution in [-0.4, -0.2) is 45.8 Å². The minimum atomic E-state index is 0.719. The molecule has 0 radical (unpaired) electrons. The maximum absolute atomic E-state index is 5.06. The Morgan fingerprint density at radius 3 is 1.10 bits per heavy atom. The molecule has 0 aromatic heterocycles. The van der Waals surface area contributed by atoms with Crippen molar-refractivity contribution in [3.05, 3.63) is 0 Å². The number of rotatable bonds is 2. The van der Waals surface area contributed by atoms with Crippen molar-refractivity contribution >= 4 is 0 Å². The smallest absolute Gasteiger partial charge is 0.0675 e. The molecule has 3 nitrogen and oxygen atoms in total. The van der Waals surface area contributed by atoms with Crippen molar-refractivity contribution in [1.82, 2.24) is 0 Å². The fourth-order valence-electron chi connectivity index (χ4n) is 0.118. The highest BCUT2D eigenvalue weighted by Crippen LogP contribution is 1.73. The second-order valence-corrected chi connectivity index (χ2v) is 3.61. The van der Waals surface area contributed by atoms with E-state index in [1.54, 1.807) is 0 Å². The molecule has 0 aliphatic heterocycles. The summed E-state index contributed by atoms with van der Waals surface area (Å²) in [7, 11) is 8.50. The molecule has 4 N–H and O–H groups in total. The standard InChI is InChI=1S/C4H12N.C3H10N2/c1-5(2,3)4;4-2-1-3-5/h1-4H3;1-5H2/q+1;. The van der Waals surface area contributed by atoms with Crippen LogP contribution < -0.4 is 11.5 Å². The lowest BCUT2D eigenvalue weighted by Crippen LogP contribution is -2.27. The molecule has 0 aromatic carbocycles. The number of hydrogen-bond donors (Lipinski definition) is 2. The van der Waals surface area contributed by atoms with E-state index in [1.165, 1.54) is 0 Å². The van der Waals surface area contributed by atoms with Crippen molar-refractivity contribution < 1.29 is 4.48 Å². The summed E-state index contributed by atoms with van der Waals surface area (Å²) in [6.07, 6.45) is 0.944. The summed E-state index contributed by atoms with van der Waals surface area (Å²) < 4.78 is 1.00. The van der Waals surface area contributed by atoms with Gasteiger partial charge in [-0.3, -0.25) is 0 Å². The molecule has 64 valence electrons. The Kier molecular flexibility index (Phi) is 8.77. The van der Waals surface area contributed by atoms with Crippen LogP contribution in [0.5, 0.6) is 0 Å². The first-order valence-electron chi connectivity index (χ1n) is 3.61. The lowest BCUT2D eigenvalue weighted by atomic mass is 10.4. The Balaban J connectivity index is 0. The van der Waals surface area contributed by atoms with Gasteiger partial charge in [-0.15, -0.1) is 0 Å². The fraction of sp³-hybridized carbons (Fsp3) is 1.00. The van der Waals surface area contributed by atoms with Crippen LogP contribution >= 0.6 is 0 Å². The maximum Gasteiger partial charge on any atom is 0.0675 e.